The number of carbonyl (C=O) groups excluding carboxylic acids is 1. The molecule has 1 aliphatic heterocycles. The van der Waals surface area contributed by atoms with Crippen LogP contribution in [-0.2, 0) is 11.2 Å². The van der Waals surface area contributed by atoms with E-state index in [1.807, 2.05) is 28.8 Å². The van der Waals surface area contributed by atoms with Gasteiger partial charge in [0.2, 0.25) is 6.41 Å². The first kappa shape index (κ1) is 14.2. The van der Waals surface area contributed by atoms with Crippen molar-refractivity contribution in [2.75, 3.05) is 12.3 Å². The minimum Gasteiger partial charge on any atom is -0.340 e. The van der Waals surface area contributed by atoms with E-state index in [1.54, 1.807) is 0 Å². The molecular weight excluding hydrogens is 278 g/mol. The first-order chi connectivity index (χ1) is 10.4. The highest BCUT2D eigenvalue weighted by atomic mass is 32.2. The fraction of sp³-hybridized carbons (Fsp3) is 0.278. The third-order valence-corrected chi connectivity index (χ3v) is 5.34. The smallest absolute Gasteiger partial charge is 0.210 e. The van der Waals surface area contributed by atoms with Crippen LogP contribution in [0.5, 0.6) is 0 Å². The molecule has 1 fully saturated rings. The maximum Gasteiger partial charge on any atom is 0.210 e. The van der Waals surface area contributed by atoms with Gasteiger partial charge in [0.1, 0.15) is 0 Å². The molecule has 0 spiro atoms. The fourth-order valence-electron chi connectivity index (χ4n) is 2.91. The molecule has 3 rings (SSSR count). The van der Waals surface area contributed by atoms with Crippen LogP contribution in [0.4, 0.5) is 0 Å². The zero-order valence-electron chi connectivity index (χ0n) is 11.9. The van der Waals surface area contributed by atoms with Crippen LogP contribution in [0.2, 0.25) is 0 Å². The van der Waals surface area contributed by atoms with Crippen LogP contribution in [0.25, 0.3) is 0 Å². The van der Waals surface area contributed by atoms with Gasteiger partial charge in [-0.3, -0.25) is 4.79 Å². The number of hydrogen-bond donors (Lipinski definition) is 0. The van der Waals surface area contributed by atoms with Crippen LogP contribution in [-0.4, -0.2) is 29.6 Å². The van der Waals surface area contributed by atoms with Gasteiger partial charge in [0, 0.05) is 12.3 Å². The standard InChI is InChI=1S/C18H19NOS/c20-14-19-11-12-21-18(16-9-5-2-6-10-16)17(19)13-15-7-3-1-4-8-15/h1-10,14,17-18H,11-13H2. The van der Waals surface area contributed by atoms with Gasteiger partial charge in [0.15, 0.2) is 0 Å². The molecule has 2 unspecified atom stereocenters. The van der Waals surface area contributed by atoms with E-state index in [2.05, 4.69) is 48.5 Å². The van der Waals surface area contributed by atoms with Crippen molar-refractivity contribution in [3.8, 4) is 0 Å². The summed E-state index contributed by atoms with van der Waals surface area (Å²) in [5.74, 6) is 1.00. The third kappa shape index (κ3) is 3.30. The van der Waals surface area contributed by atoms with Gasteiger partial charge in [-0.1, -0.05) is 60.7 Å². The zero-order valence-corrected chi connectivity index (χ0v) is 12.7. The van der Waals surface area contributed by atoms with Crippen molar-refractivity contribution in [2.45, 2.75) is 17.7 Å². The summed E-state index contributed by atoms with van der Waals surface area (Å²) < 4.78 is 0. The van der Waals surface area contributed by atoms with E-state index in [9.17, 15) is 4.79 Å². The van der Waals surface area contributed by atoms with Gasteiger partial charge < -0.3 is 4.90 Å². The van der Waals surface area contributed by atoms with E-state index in [4.69, 9.17) is 0 Å². The van der Waals surface area contributed by atoms with Gasteiger partial charge in [0.25, 0.3) is 0 Å². The summed E-state index contributed by atoms with van der Waals surface area (Å²) >= 11 is 1.96. The summed E-state index contributed by atoms with van der Waals surface area (Å²) in [6, 6.07) is 21.2. The van der Waals surface area contributed by atoms with Crippen molar-refractivity contribution >= 4 is 18.2 Å². The van der Waals surface area contributed by atoms with Crippen LogP contribution in [0.1, 0.15) is 16.4 Å². The summed E-state index contributed by atoms with van der Waals surface area (Å²) in [5.41, 5.74) is 2.60. The van der Waals surface area contributed by atoms with E-state index in [0.717, 1.165) is 25.1 Å². The van der Waals surface area contributed by atoms with Gasteiger partial charge in [0.05, 0.1) is 11.3 Å². The summed E-state index contributed by atoms with van der Waals surface area (Å²) in [4.78, 5) is 13.4. The Labute approximate surface area is 130 Å². The molecule has 0 bridgehead atoms. The molecule has 0 radical (unpaired) electrons. The molecule has 3 heteroatoms. The van der Waals surface area contributed by atoms with Gasteiger partial charge in [-0.25, -0.2) is 0 Å². The Balaban J connectivity index is 1.87. The predicted octanol–water partition coefficient (Wildman–Crippen LogP) is 3.54. The Morgan fingerprint density at radius 3 is 2.38 bits per heavy atom. The quantitative estimate of drug-likeness (QED) is 0.805. The highest BCUT2D eigenvalue weighted by Crippen LogP contribution is 2.39. The zero-order chi connectivity index (χ0) is 14.5. The van der Waals surface area contributed by atoms with Gasteiger partial charge in [-0.2, -0.15) is 0 Å². The van der Waals surface area contributed by atoms with Crippen LogP contribution in [0, 0.1) is 0 Å². The average molecular weight is 297 g/mol. The van der Waals surface area contributed by atoms with E-state index < -0.39 is 0 Å². The number of amides is 1. The van der Waals surface area contributed by atoms with Crippen LogP contribution in [0.3, 0.4) is 0 Å². The monoisotopic (exact) mass is 297 g/mol. The first-order valence-corrected chi connectivity index (χ1v) is 8.35. The second-order valence-electron chi connectivity index (χ2n) is 5.30. The lowest BCUT2D eigenvalue weighted by Gasteiger charge is -2.39. The molecule has 2 aromatic rings. The molecule has 0 saturated carbocycles. The molecular formula is C18H19NOS. The molecule has 2 atom stereocenters. The minimum absolute atomic E-state index is 0.228. The second kappa shape index (κ2) is 6.81. The molecule has 108 valence electrons. The average Bonchev–Trinajstić information content (AvgIpc) is 2.57. The lowest BCUT2D eigenvalue weighted by molar-refractivity contribution is -0.120. The first-order valence-electron chi connectivity index (χ1n) is 7.30. The highest BCUT2D eigenvalue weighted by Gasteiger charge is 2.32. The molecule has 21 heavy (non-hydrogen) atoms. The summed E-state index contributed by atoms with van der Waals surface area (Å²) in [6.45, 7) is 0.842. The van der Waals surface area contributed by atoms with Crippen molar-refractivity contribution in [1.82, 2.24) is 4.90 Å². The Morgan fingerprint density at radius 1 is 1.05 bits per heavy atom. The highest BCUT2D eigenvalue weighted by molar-refractivity contribution is 7.99. The number of carbonyl (C=O) groups is 1. The molecule has 1 heterocycles. The second-order valence-corrected chi connectivity index (χ2v) is 6.55. The molecule has 1 amide bonds. The number of thioether (sulfide) groups is 1. The van der Waals surface area contributed by atoms with Crippen molar-refractivity contribution in [2.24, 2.45) is 0 Å². The van der Waals surface area contributed by atoms with Gasteiger partial charge in [-0.15, -0.1) is 11.8 Å². The van der Waals surface area contributed by atoms with Gasteiger partial charge in [-0.05, 0) is 17.5 Å². The summed E-state index contributed by atoms with van der Waals surface area (Å²) in [5, 5.41) is 0.352. The van der Waals surface area contributed by atoms with E-state index in [0.29, 0.717) is 5.25 Å². The molecule has 0 N–H and O–H groups in total. The minimum atomic E-state index is 0.228. The fourth-order valence-corrected chi connectivity index (χ4v) is 4.30. The normalized spacial score (nSPS) is 22.0. The molecule has 2 nitrogen and oxygen atoms in total. The predicted molar refractivity (Wildman–Crippen MR) is 88.3 cm³/mol. The topological polar surface area (TPSA) is 20.3 Å². The van der Waals surface area contributed by atoms with Crippen LogP contribution < -0.4 is 0 Å². The number of rotatable bonds is 4. The van der Waals surface area contributed by atoms with Crippen molar-refractivity contribution < 1.29 is 4.79 Å². The molecule has 0 aliphatic carbocycles. The van der Waals surface area contributed by atoms with Gasteiger partial charge >= 0.3 is 0 Å². The maximum atomic E-state index is 11.5. The lowest BCUT2D eigenvalue weighted by atomic mass is 9.97. The van der Waals surface area contributed by atoms with E-state index in [-0.39, 0.29) is 6.04 Å². The number of hydrogen-bond acceptors (Lipinski definition) is 2. The summed E-state index contributed by atoms with van der Waals surface area (Å²) in [6.07, 6.45) is 1.93. The Kier molecular flexibility index (Phi) is 4.61. The lowest BCUT2D eigenvalue weighted by Crippen LogP contribution is -2.44. The third-order valence-electron chi connectivity index (χ3n) is 3.97. The molecule has 1 aliphatic rings. The van der Waals surface area contributed by atoms with Crippen molar-refractivity contribution in [1.29, 1.82) is 0 Å². The van der Waals surface area contributed by atoms with Crippen LogP contribution >= 0.6 is 11.8 Å². The van der Waals surface area contributed by atoms with E-state index in [1.165, 1.54) is 11.1 Å². The maximum absolute atomic E-state index is 11.5. The van der Waals surface area contributed by atoms with Crippen molar-refractivity contribution in [3.63, 3.8) is 0 Å². The SMILES string of the molecule is O=CN1CCSC(c2ccccc2)C1Cc1ccccc1. The Hall–Kier alpha value is -1.74. The summed E-state index contributed by atoms with van der Waals surface area (Å²) in [7, 11) is 0. The Bertz CT molecular complexity index is 572. The Morgan fingerprint density at radius 2 is 1.71 bits per heavy atom. The van der Waals surface area contributed by atoms with E-state index >= 15 is 0 Å². The van der Waals surface area contributed by atoms with Crippen LogP contribution in [0.15, 0.2) is 60.7 Å². The number of nitrogens with zero attached hydrogens (tertiary/aromatic N) is 1. The van der Waals surface area contributed by atoms with Crippen molar-refractivity contribution in [3.05, 3.63) is 71.8 Å². The number of benzene rings is 2. The molecule has 0 aromatic heterocycles. The largest absolute Gasteiger partial charge is 0.340 e. The molecule has 2 aromatic carbocycles. The molecule has 1 saturated heterocycles.